The molecule has 80 valence electrons. The third kappa shape index (κ3) is 2.96. The number of hydrogen-bond acceptors (Lipinski definition) is 7. The second-order valence-corrected chi connectivity index (χ2v) is 4.34. The average Bonchev–Trinajstić information content (AvgIpc) is 2.50. The molecule has 0 aliphatic carbocycles. The highest BCUT2D eigenvalue weighted by Crippen LogP contribution is 2.20. The van der Waals surface area contributed by atoms with Crippen molar-refractivity contribution in [2.24, 2.45) is 5.73 Å². The van der Waals surface area contributed by atoms with E-state index in [1.54, 1.807) is 4.90 Å². The monoisotopic (exact) mass is 236 g/mol. The van der Waals surface area contributed by atoms with Gasteiger partial charge in [-0.05, 0) is 0 Å². The molecule has 0 amide bonds. The van der Waals surface area contributed by atoms with Gasteiger partial charge in [0.05, 0.1) is 0 Å². The summed E-state index contributed by atoms with van der Waals surface area (Å²) in [4.78, 5) is 1.77. The van der Waals surface area contributed by atoms with Crippen LogP contribution < -0.4 is 15.4 Å². The molecule has 0 saturated carbocycles. The van der Waals surface area contributed by atoms with Crippen molar-refractivity contribution >= 4 is 27.7 Å². The lowest BCUT2D eigenvalue weighted by Gasteiger charge is -2.11. The highest BCUT2D eigenvalue weighted by atomic mass is 32.2. The number of nitrogens with two attached hydrogens (primary N) is 1. The fourth-order valence-corrected chi connectivity index (χ4v) is 1.80. The van der Waals surface area contributed by atoms with Crippen LogP contribution in [0.5, 0.6) is 0 Å². The van der Waals surface area contributed by atoms with Crippen LogP contribution in [0.2, 0.25) is 0 Å². The molecule has 0 fully saturated rings. The van der Waals surface area contributed by atoms with E-state index in [0.717, 1.165) is 0 Å². The molecule has 3 N–H and O–H groups in total. The highest BCUT2D eigenvalue weighted by Gasteiger charge is 2.12. The summed E-state index contributed by atoms with van der Waals surface area (Å²) in [5.41, 5.74) is 5.49. The van der Waals surface area contributed by atoms with E-state index < -0.39 is 17.4 Å². The van der Waals surface area contributed by atoms with Gasteiger partial charge in [0.2, 0.25) is 5.13 Å². The lowest BCUT2D eigenvalue weighted by Crippen LogP contribution is -2.29. The predicted octanol–water partition coefficient (Wildman–Crippen LogP) is -1.05. The summed E-state index contributed by atoms with van der Waals surface area (Å²) in [6.45, 7) is 0. The van der Waals surface area contributed by atoms with E-state index in [1.807, 2.05) is 14.1 Å². The van der Waals surface area contributed by atoms with Gasteiger partial charge in [-0.2, -0.15) is 0 Å². The maximum absolute atomic E-state index is 10.3. The van der Waals surface area contributed by atoms with Crippen molar-refractivity contribution in [3.05, 3.63) is 5.01 Å². The van der Waals surface area contributed by atoms with E-state index in [4.69, 9.17) is 5.73 Å². The first-order valence-electron chi connectivity index (χ1n) is 3.62. The van der Waals surface area contributed by atoms with Crippen molar-refractivity contribution in [1.82, 2.24) is 14.9 Å². The number of nitrogens with zero attached hydrogens (tertiary/aromatic N) is 3. The van der Waals surface area contributed by atoms with Crippen molar-refractivity contribution in [3.63, 3.8) is 0 Å². The van der Waals surface area contributed by atoms with Gasteiger partial charge in [0.1, 0.15) is 6.17 Å². The number of hydrogen-bond donors (Lipinski definition) is 2. The first-order chi connectivity index (χ1) is 6.50. The molecular weight excluding hydrogens is 226 g/mol. The summed E-state index contributed by atoms with van der Waals surface area (Å²) in [7, 11) is 3.63. The van der Waals surface area contributed by atoms with E-state index in [-0.39, 0.29) is 0 Å². The van der Waals surface area contributed by atoms with Gasteiger partial charge in [0.25, 0.3) is 0 Å². The van der Waals surface area contributed by atoms with Crippen molar-refractivity contribution in [2.45, 2.75) is 6.17 Å². The molecule has 0 spiro atoms. The Morgan fingerprint density at radius 1 is 1.64 bits per heavy atom. The maximum atomic E-state index is 10.3. The molecule has 1 rings (SSSR count). The van der Waals surface area contributed by atoms with Crippen LogP contribution in [0, 0.1) is 0 Å². The van der Waals surface area contributed by atoms with Gasteiger partial charge in [0.15, 0.2) is 5.01 Å². The maximum Gasteiger partial charge on any atom is 0.207 e. The third-order valence-electron chi connectivity index (χ3n) is 1.30. The summed E-state index contributed by atoms with van der Waals surface area (Å²) in [5.74, 6) is 0. The Hall–Kier alpha value is -0.610. The van der Waals surface area contributed by atoms with Crippen LogP contribution in [0.15, 0.2) is 0 Å². The summed E-state index contributed by atoms with van der Waals surface area (Å²) >= 11 is -1.16. The zero-order valence-corrected chi connectivity index (χ0v) is 9.26. The van der Waals surface area contributed by atoms with Gasteiger partial charge in [0, 0.05) is 25.4 Å². The standard InChI is InChI=1S/C5H11N5O2S2/c1-10(2)5-8-7-4(13-5)3(6)9-14(11)12/h3,9H,6H2,1-2H3,(H,11,12)/p-1. The lowest BCUT2D eigenvalue weighted by atomic mass is 10.6. The number of aromatic nitrogens is 2. The Bertz CT molecular complexity index is 328. The van der Waals surface area contributed by atoms with E-state index >= 15 is 0 Å². The first kappa shape index (κ1) is 11.5. The van der Waals surface area contributed by atoms with Gasteiger partial charge in [-0.3, -0.25) is 4.21 Å². The lowest BCUT2D eigenvalue weighted by molar-refractivity contribution is 0.507. The minimum Gasteiger partial charge on any atom is -0.760 e. The topological polar surface area (TPSA) is 107 Å². The average molecular weight is 236 g/mol. The minimum absolute atomic E-state index is 0.429. The third-order valence-corrected chi connectivity index (χ3v) is 2.92. The van der Waals surface area contributed by atoms with E-state index in [0.29, 0.717) is 10.1 Å². The molecule has 7 nitrogen and oxygen atoms in total. The van der Waals surface area contributed by atoms with Gasteiger partial charge in [-0.25, -0.2) is 4.72 Å². The molecule has 1 aromatic rings. The van der Waals surface area contributed by atoms with Crippen LogP contribution in [-0.2, 0) is 11.3 Å². The molecule has 2 unspecified atom stereocenters. The predicted molar refractivity (Wildman–Crippen MR) is 53.2 cm³/mol. The quantitative estimate of drug-likeness (QED) is 0.510. The Balaban J connectivity index is 2.71. The van der Waals surface area contributed by atoms with E-state index in [1.165, 1.54) is 11.3 Å². The highest BCUT2D eigenvalue weighted by molar-refractivity contribution is 7.77. The molecule has 14 heavy (non-hydrogen) atoms. The summed E-state index contributed by atoms with van der Waals surface area (Å²) in [5, 5.41) is 8.68. The molecule has 0 aromatic carbocycles. The Labute approximate surface area is 87.7 Å². The molecule has 2 atom stereocenters. The Morgan fingerprint density at radius 2 is 2.29 bits per heavy atom. The van der Waals surface area contributed by atoms with Crippen LogP contribution in [0.25, 0.3) is 0 Å². The van der Waals surface area contributed by atoms with Crippen LogP contribution in [-0.4, -0.2) is 33.1 Å². The van der Waals surface area contributed by atoms with Crippen molar-refractivity contribution in [1.29, 1.82) is 0 Å². The molecule has 9 heteroatoms. The first-order valence-corrected chi connectivity index (χ1v) is 5.51. The van der Waals surface area contributed by atoms with Gasteiger partial charge in [-0.1, -0.05) is 11.3 Å². The van der Waals surface area contributed by atoms with Gasteiger partial charge in [-0.15, -0.1) is 10.2 Å². The minimum atomic E-state index is -2.40. The largest absolute Gasteiger partial charge is 0.760 e. The number of nitrogens with one attached hydrogen (secondary N) is 1. The van der Waals surface area contributed by atoms with Crippen molar-refractivity contribution in [3.8, 4) is 0 Å². The normalized spacial score (nSPS) is 15.1. The SMILES string of the molecule is CN(C)c1nnc(C(N)NS(=O)[O-])s1. The fourth-order valence-electron chi connectivity index (χ4n) is 0.687. The Kier molecular flexibility index (Phi) is 3.89. The fraction of sp³-hybridized carbons (Fsp3) is 0.600. The van der Waals surface area contributed by atoms with Crippen molar-refractivity contribution in [2.75, 3.05) is 19.0 Å². The molecule has 0 aliphatic rings. The zero-order valence-electron chi connectivity index (χ0n) is 7.63. The summed E-state index contributed by atoms with van der Waals surface area (Å²) in [6.07, 6.45) is -0.834. The molecule has 1 aromatic heterocycles. The molecule has 1 heterocycles. The Morgan fingerprint density at radius 3 is 2.71 bits per heavy atom. The van der Waals surface area contributed by atoms with Crippen LogP contribution in [0.3, 0.4) is 0 Å². The summed E-state index contributed by atoms with van der Waals surface area (Å²) in [6, 6.07) is 0. The van der Waals surface area contributed by atoms with Crippen LogP contribution in [0.1, 0.15) is 11.2 Å². The molecule has 0 saturated heterocycles. The molecule has 0 aliphatic heterocycles. The zero-order chi connectivity index (χ0) is 10.7. The van der Waals surface area contributed by atoms with Crippen LogP contribution >= 0.6 is 11.3 Å². The van der Waals surface area contributed by atoms with E-state index in [9.17, 15) is 8.76 Å². The van der Waals surface area contributed by atoms with Crippen LogP contribution in [0.4, 0.5) is 5.13 Å². The second kappa shape index (κ2) is 4.75. The number of rotatable bonds is 4. The smallest absolute Gasteiger partial charge is 0.207 e. The molecular formula is C5H10N5O2S2-. The summed E-state index contributed by atoms with van der Waals surface area (Å²) < 4.78 is 22.7. The second-order valence-electron chi connectivity index (χ2n) is 2.65. The molecule has 0 radical (unpaired) electrons. The number of anilines is 1. The molecule has 0 bridgehead atoms. The van der Waals surface area contributed by atoms with Gasteiger partial charge >= 0.3 is 0 Å². The van der Waals surface area contributed by atoms with Crippen molar-refractivity contribution < 1.29 is 8.76 Å². The van der Waals surface area contributed by atoms with Gasteiger partial charge < -0.3 is 15.2 Å². The van der Waals surface area contributed by atoms with E-state index in [2.05, 4.69) is 14.9 Å².